The number of rotatable bonds is 7. The molecule has 0 radical (unpaired) electrons. The van der Waals surface area contributed by atoms with Crippen LogP contribution in [0.2, 0.25) is 0 Å². The van der Waals surface area contributed by atoms with Crippen LogP contribution in [-0.4, -0.2) is 24.1 Å². The van der Waals surface area contributed by atoms with Crippen LogP contribution in [0.15, 0.2) is 48.5 Å². The summed E-state index contributed by atoms with van der Waals surface area (Å²) in [6, 6.07) is 12.6. The number of carbonyl (C=O) groups is 2. The number of methoxy groups -OCH3 is 1. The van der Waals surface area contributed by atoms with Crippen molar-refractivity contribution in [3.8, 4) is 5.75 Å². The Morgan fingerprint density at radius 1 is 1.20 bits per heavy atom. The molecule has 1 atom stereocenters. The molecule has 132 valence electrons. The lowest BCUT2D eigenvalue weighted by Crippen LogP contribution is -2.45. The molecule has 2 aromatic rings. The first-order valence-electron chi connectivity index (χ1n) is 7.74. The lowest BCUT2D eigenvalue weighted by molar-refractivity contribution is -0.139. The fourth-order valence-corrected chi connectivity index (χ4v) is 2.67. The number of hydrogen-bond donors (Lipinski definition) is 2. The Balaban J connectivity index is 2.24. The maximum absolute atomic E-state index is 13.3. The number of carbonyl (C=O) groups excluding carboxylic acids is 1. The summed E-state index contributed by atoms with van der Waals surface area (Å²) in [7, 11) is 1.51. The van der Waals surface area contributed by atoms with Gasteiger partial charge < -0.3 is 15.2 Å². The second-order valence-electron chi connectivity index (χ2n) is 5.99. The second kappa shape index (κ2) is 7.79. The molecule has 25 heavy (non-hydrogen) atoms. The first-order valence-corrected chi connectivity index (χ1v) is 7.74. The lowest BCUT2D eigenvalue weighted by atomic mass is 9.88. The summed E-state index contributed by atoms with van der Waals surface area (Å²) in [6.45, 7) is 1.64. The Morgan fingerprint density at radius 3 is 2.56 bits per heavy atom. The zero-order valence-electron chi connectivity index (χ0n) is 14.1. The largest absolute Gasteiger partial charge is 0.497 e. The van der Waals surface area contributed by atoms with E-state index in [0.29, 0.717) is 16.9 Å². The third-order valence-electron chi connectivity index (χ3n) is 3.88. The number of carboxylic acids is 1. The van der Waals surface area contributed by atoms with Gasteiger partial charge in [0, 0.05) is 0 Å². The molecular weight excluding hydrogens is 325 g/mol. The third kappa shape index (κ3) is 5.04. The van der Waals surface area contributed by atoms with Gasteiger partial charge in [0.2, 0.25) is 5.91 Å². The molecule has 0 aliphatic rings. The predicted octanol–water partition coefficient (Wildman–Crippen LogP) is 2.88. The van der Waals surface area contributed by atoms with Gasteiger partial charge in [0.1, 0.15) is 11.6 Å². The van der Waals surface area contributed by atoms with Crippen LogP contribution in [0, 0.1) is 5.82 Å². The number of halogens is 1. The fourth-order valence-electron chi connectivity index (χ4n) is 2.67. The summed E-state index contributed by atoms with van der Waals surface area (Å²) < 4.78 is 18.4. The van der Waals surface area contributed by atoms with Crippen LogP contribution in [0.1, 0.15) is 24.5 Å². The van der Waals surface area contributed by atoms with Gasteiger partial charge in [-0.15, -0.1) is 0 Å². The van der Waals surface area contributed by atoms with Gasteiger partial charge in [-0.1, -0.05) is 24.3 Å². The van der Waals surface area contributed by atoms with Gasteiger partial charge in [0.15, 0.2) is 0 Å². The maximum atomic E-state index is 13.3. The average Bonchev–Trinajstić information content (AvgIpc) is 2.54. The van der Waals surface area contributed by atoms with Crippen molar-refractivity contribution in [2.24, 2.45) is 0 Å². The highest BCUT2D eigenvalue weighted by Crippen LogP contribution is 2.28. The molecule has 0 aromatic heterocycles. The van der Waals surface area contributed by atoms with Crippen molar-refractivity contribution >= 4 is 11.9 Å². The monoisotopic (exact) mass is 345 g/mol. The summed E-state index contributed by atoms with van der Waals surface area (Å²) in [5.74, 6) is -1.30. The van der Waals surface area contributed by atoms with Gasteiger partial charge in [-0.2, -0.15) is 0 Å². The molecule has 0 saturated heterocycles. The van der Waals surface area contributed by atoms with E-state index in [1.54, 1.807) is 37.3 Å². The number of aliphatic carboxylic acids is 1. The maximum Gasteiger partial charge on any atom is 0.306 e. The van der Waals surface area contributed by atoms with Crippen molar-refractivity contribution in [2.75, 3.05) is 7.11 Å². The molecule has 0 heterocycles. The van der Waals surface area contributed by atoms with Gasteiger partial charge in [-0.25, -0.2) is 4.39 Å². The standard InChI is InChI=1S/C19H20FNO4/c1-19(12-18(23)24,14-6-4-8-16(11-14)25-2)21-17(22)10-13-5-3-7-15(20)9-13/h3-9,11H,10,12H2,1-2H3,(H,21,22)(H,23,24). The van der Waals surface area contributed by atoms with Crippen LogP contribution in [0.4, 0.5) is 4.39 Å². The van der Waals surface area contributed by atoms with E-state index in [0.717, 1.165) is 0 Å². The molecule has 0 saturated carbocycles. The van der Waals surface area contributed by atoms with Crippen molar-refractivity contribution in [3.63, 3.8) is 0 Å². The SMILES string of the molecule is COc1cccc(C(C)(CC(=O)O)NC(=O)Cc2cccc(F)c2)c1. The smallest absolute Gasteiger partial charge is 0.306 e. The van der Waals surface area contributed by atoms with E-state index in [-0.39, 0.29) is 12.8 Å². The third-order valence-corrected chi connectivity index (χ3v) is 3.88. The molecule has 0 aliphatic carbocycles. The van der Waals surface area contributed by atoms with Crippen LogP contribution in [0.3, 0.4) is 0 Å². The molecule has 2 rings (SSSR count). The molecule has 0 aliphatic heterocycles. The molecule has 1 amide bonds. The van der Waals surface area contributed by atoms with Crippen LogP contribution in [-0.2, 0) is 21.5 Å². The van der Waals surface area contributed by atoms with Crippen molar-refractivity contribution < 1.29 is 23.8 Å². The number of hydrogen-bond acceptors (Lipinski definition) is 3. The van der Waals surface area contributed by atoms with Crippen LogP contribution in [0.5, 0.6) is 5.75 Å². The Hall–Kier alpha value is -2.89. The number of ether oxygens (including phenoxy) is 1. The van der Waals surface area contributed by atoms with Crippen molar-refractivity contribution in [2.45, 2.75) is 25.3 Å². The van der Waals surface area contributed by atoms with E-state index in [9.17, 15) is 19.1 Å². The van der Waals surface area contributed by atoms with Gasteiger partial charge in [0.25, 0.3) is 0 Å². The molecule has 2 N–H and O–H groups in total. The minimum absolute atomic E-state index is 0.0447. The van der Waals surface area contributed by atoms with E-state index in [4.69, 9.17) is 4.74 Å². The Labute approximate surface area is 145 Å². The Bertz CT molecular complexity index is 778. The highest BCUT2D eigenvalue weighted by atomic mass is 19.1. The van der Waals surface area contributed by atoms with Crippen LogP contribution in [0.25, 0.3) is 0 Å². The van der Waals surface area contributed by atoms with Gasteiger partial charge in [0.05, 0.1) is 25.5 Å². The zero-order chi connectivity index (χ0) is 18.4. The topological polar surface area (TPSA) is 75.6 Å². The van der Waals surface area contributed by atoms with E-state index in [2.05, 4.69) is 5.32 Å². The number of amides is 1. The molecule has 2 aromatic carbocycles. The predicted molar refractivity (Wildman–Crippen MR) is 90.8 cm³/mol. The highest BCUT2D eigenvalue weighted by molar-refractivity contribution is 5.80. The molecular formula is C19H20FNO4. The summed E-state index contributed by atoms with van der Waals surface area (Å²) in [4.78, 5) is 23.7. The number of benzene rings is 2. The quantitative estimate of drug-likeness (QED) is 0.809. The number of nitrogens with one attached hydrogen (secondary N) is 1. The Morgan fingerprint density at radius 2 is 1.92 bits per heavy atom. The molecule has 6 heteroatoms. The second-order valence-corrected chi connectivity index (χ2v) is 5.99. The minimum atomic E-state index is -1.12. The van der Waals surface area contributed by atoms with Gasteiger partial charge >= 0.3 is 5.97 Å². The molecule has 0 spiro atoms. The van der Waals surface area contributed by atoms with Crippen molar-refractivity contribution in [1.82, 2.24) is 5.32 Å². The zero-order valence-corrected chi connectivity index (χ0v) is 14.1. The summed E-state index contributed by atoms with van der Waals surface area (Å²) in [5, 5.41) is 12.0. The van der Waals surface area contributed by atoms with Crippen LogP contribution >= 0.6 is 0 Å². The summed E-state index contributed by atoms with van der Waals surface area (Å²) in [5.41, 5.74) is 0.00721. The highest BCUT2D eigenvalue weighted by Gasteiger charge is 2.31. The van der Waals surface area contributed by atoms with Gasteiger partial charge in [-0.05, 0) is 42.3 Å². The van der Waals surface area contributed by atoms with E-state index < -0.39 is 23.2 Å². The molecule has 0 fully saturated rings. The lowest BCUT2D eigenvalue weighted by Gasteiger charge is -2.30. The van der Waals surface area contributed by atoms with E-state index >= 15 is 0 Å². The fraction of sp³-hybridized carbons (Fsp3) is 0.263. The normalized spacial score (nSPS) is 12.9. The van der Waals surface area contributed by atoms with E-state index in [1.165, 1.54) is 25.3 Å². The van der Waals surface area contributed by atoms with Crippen molar-refractivity contribution in [3.05, 3.63) is 65.5 Å². The van der Waals surface area contributed by atoms with Crippen LogP contribution < -0.4 is 10.1 Å². The first kappa shape index (κ1) is 18.4. The Kier molecular flexibility index (Phi) is 5.75. The summed E-state index contributed by atoms with van der Waals surface area (Å²) >= 11 is 0. The molecule has 1 unspecified atom stereocenters. The van der Waals surface area contributed by atoms with Gasteiger partial charge in [-0.3, -0.25) is 9.59 Å². The summed E-state index contributed by atoms with van der Waals surface area (Å²) in [6.07, 6.45) is -0.341. The van der Waals surface area contributed by atoms with E-state index in [1.807, 2.05) is 0 Å². The molecule has 5 nitrogen and oxygen atoms in total. The average molecular weight is 345 g/mol. The number of carboxylic acid groups (broad SMARTS) is 1. The first-order chi connectivity index (χ1) is 11.8. The molecule has 0 bridgehead atoms. The van der Waals surface area contributed by atoms with Crippen molar-refractivity contribution in [1.29, 1.82) is 0 Å². The minimum Gasteiger partial charge on any atom is -0.497 e.